The van der Waals surface area contributed by atoms with E-state index in [9.17, 15) is 4.79 Å². The first-order chi connectivity index (χ1) is 16.6. The number of piperazine rings is 1. The quantitative estimate of drug-likeness (QED) is 0.519. The number of halogens is 1. The molecule has 0 unspecified atom stereocenters. The molecule has 1 N–H and O–H groups in total. The zero-order valence-corrected chi connectivity index (χ0v) is 20.9. The SMILES string of the molecule is COc1ccc2c(c1)N1CCN(Cc3ccc(Cl)cc3)C[C@@H]1[C@@H](C(=O)NCCc1cccs1)C2. The van der Waals surface area contributed by atoms with Gasteiger partial charge in [0.25, 0.3) is 0 Å². The summed E-state index contributed by atoms with van der Waals surface area (Å²) in [5, 5.41) is 6.07. The largest absolute Gasteiger partial charge is 0.497 e. The molecule has 2 aromatic carbocycles. The monoisotopic (exact) mass is 495 g/mol. The number of hydrogen-bond acceptors (Lipinski definition) is 5. The van der Waals surface area contributed by atoms with E-state index in [-0.39, 0.29) is 17.9 Å². The molecule has 2 atom stereocenters. The zero-order valence-electron chi connectivity index (χ0n) is 19.4. The van der Waals surface area contributed by atoms with Crippen molar-refractivity contribution in [2.24, 2.45) is 5.92 Å². The van der Waals surface area contributed by atoms with Gasteiger partial charge in [-0.1, -0.05) is 35.9 Å². The number of rotatable bonds is 7. The summed E-state index contributed by atoms with van der Waals surface area (Å²) < 4.78 is 5.51. The molecule has 7 heteroatoms. The van der Waals surface area contributed by atoms with Crippen molar-refractivity contribution in [3.8, 4) is 5.75 Å². The van der Waals surface area contributed by atoms with Crippen molar-refractivity contribution < 1.29 is 9.53 Å². The Bertz CT molecular complexity index is 1120. The molecule has 0 spiro atoms. The third-order valence-corrected chi connectivity index (χ3v) is 8.10. The third kappa shape index (κ3) is 5.09. The van der Waals surface area contributed by atoms with Gasteiger partial charge in [-0.3, -0.25) is 9.69 Å². The molecule has 5 rings (SSSR count). The lowest BCUT2D eigenvalue weighted by Crippen LogP contribution is -2.61. The molecule has 1 aromatic heterocycles. The molecule has 0 aliphatic carbocycles. The number of carbonyl (C=O) groups excluding carboxylic acids is 1. The number of carbonyl (C=O) groups is 1. The summed E-state index contributed by atoms with van der Waals surface area (Å²) in [6.07, 6.45) is 1.63. The second kappa shape index (κ2) is 10.4. The van der Waals surface area contributed by atoms with E-state index >= 15 is 0 Å². The van der Waals surface area contributed by atoms with Crippen LogP contribution in [-0.4, -0.2) is 50.1 Å². The predicted molar refractivity (Wildman–Crippen MR) is 139 cm³/mol. The van der Waals surface area contributed by atoms with Crippen LogP contribution in [0.1, 0.15) is 16.0 Å². The number of nitrogens with one attached hydrogen (secondary N) is 1. The van der Waals surface area contributed by atoms with Gasteiger partial charge in [-0.15, -0.1) is 11.3 Å². The predicted octanol–water partition coefficient (Wildman–Crippen LogP) is 4.63. The molecule has 3 heterocycles. The van der Waals surface area contributed by atoms with Crippen LogP contribution in [0.3, 0.4) is 0 Å². The summed E-state index contributed by atoms with van der Waals surface area (Å²) in [4.78, 5) is 19.6. The zero-order chi connectivity index (χ0) is 23.5. The smallest absolute Gasteiger partial charge is 0.225 e. The van der Waals surface area contributed by atoms with Gasteiger partial charge in [0.15, 0.2) is 0 Å². The molecule has 5 nitrogen and oxygen atoms in total. The van der Waals surface area contributed by atoms with E-state index in [4.69, 9.17) is 16.3 Å². The second-order valence-electron chi connectivity index (χ2n) is 9.05. The van der Waals surface area contributed by atoms with Crippen LogP contribution in [0.2, 0.25) is 5.02 Å². The number of nitrogens with zero attached hydrogens (tertiary/aromatic N) is 2. The minimum Gasteiger partial charge on any atom is -0.497 e. The Kier molecular flexibility index (Phi) is 7.09. The first-order valence-electron chi connectivity index (χ1n) is 11.8. The fraction of sp³-hybridized carbons (Fsp3) is 0.370. The van der Waals surface area contributed by atoms with E-state index in [1.54, 1.807) is 18.4 Å². The molecule has 178 valence electrons. The Morgan fingerprint density at radius 3 is 2.79 bits per heavy atom. The fourth-order valence-corrected chi connectivity index (χ4v) is 5.99. The minimum absolute atomic E-state index is 0.0859. The molecule has 1 amide bonds. The van der Waals surface area contributed by atoms with Crippen molar-refractivity contribution >= 4 is 34.5 Å². The molecular formula is C27H30ClN3O2S. The van der Waals surface area contributed by atoms with Crippen molar-refractivity contribution in [2.75, 3.05) is 38.2 Å². The number of anilines is 1. The molecule has 0 bridgehead atoms. The molecule has 34 heavy (non-hydrogen) atoms. The highest BCUT2D eigenvalue weighted by molar-refractivity contribution is 7.09. The average molecular weight is 496 g/mol. The lowest BCUT2D eigenvalue weighted by Gasteiger charge is -2.49. The second-order valence-corrected chi connectivity index (χ2v) is 10.5. The Balaban J connectivity index is 1.34. The number of hydrogen-bond donors (Lipinski definition) is 1. The number of thiophene rings is 1. The van der Waals surface area contributed by atoms with E-state index in [2.05, 4.69) is 56.9 Å². The Morgan fingerprint density at radius 2 is 2.03 bits per heavy atom. The number of fused-ring (bicyclic) bond motifs is 3. The van der Waals surface area contributed by atoms with Gasteiger partial charge in [-0.2, -0.15) is 0 Å². The number of benzene rings is 2. The van der Waals surface area contributed by atoms with Crippen LogP contribution in [0, 0.1) is 5.92 Å². The van der Waals surface area contributed by atoms with Crippen molar-refractivity contribution in [3.63, 3.8) is 0 Å². The maximum absolute atomic E-state index is 13.4. The first-order valence-corrected chi connectivity index (χ1v) is 13.1. The topological polar surface area (TPSA) is 44.8 Å². The average Bonchev–Trinajstić information content (AvgIpc) is 3.38. The summed E-state index contributed by atoms with van der Waals surface area (Å²) in [6.45, 7) is 4.22. The van der Waals surface area contributed by atoms with Gasteiger partial charge < -0.3 is 15.0 Å². The van der Waals surface area contributed by atoms with E-state index in [0.29, 0.717) is 6.54 Å². The molecule has 2 aliphatic heterocycles. The van der Waals surface area contributed by atoms with Crippen LogP contribution >= 0.6 is 22.9 Å². The van der Waals surface area contributed by atoms with Gasteiger partial charge >= 0.3 is 0 Å². The summed E-state index contributed by atoms with van der Waals surface area (Å²) in [5.74, 6) is 0.929. The minimum atomic E-state index is -0.0859. The summed E-state index contributed by atoms with van der Waals surface area (Å²) >= 11 is 7.81. The normalized spacial score (nSPS) is 19.9. The number of ether oxygens (including phenoxy) is 1. The van der Waals surface area contributed by atoms with Crippen molar-refractivity contribution in [1.82, 2.24) is 10.2 Å². The molecule has 3 aromatic rings. The highest BCUT2D eigenvalue weighted by atomic mass is 35.5. The summed E-state index contributed by atoms with van der Waals surface area (Å²) in [6, 6.07) is 18.6. The van der Waals surface area contributed by atoms with Crippen LogP contribution in [-0.2, 0) is 24.2 Å². The van der Waals surface area contributed by atoms with Crippen molar-refractivity contribution in [1.29, 1.82) is 0 Å². The van der Waals surface area contributed by atoms with Gasteiger partial charge in [0.05, 0.1) is 19.1 Å². The van der Waals surface area contributed by atoms with Crippen LogP contribution in [0.4, 0.5) is 5.69 Å². The number of methoxy groups -OCH3 is 1. The van der Waals surface area contributed by atoms with Crippen LogP contribution in [0.25, 0.3) is 0 Å². The van der Waals surface area contributed by atoms with Crippen LogP contribution in [0.15, 0.2) is 60.0 Å². The fourth-order valence-electron chi connectivity index (χ4n) is 5.15. The van der Waals surface area contributed by atoms with Crippen LogP contribution < -0.4 is 15.0 Å². The standard InChI is InChI=1S/C27H30ClN3O2S/c1-33-22-9-6-20-15-24(27(32)29-11-10-23-3-2-14-34-23)26-18-30(12-13-31(26)25(20)16-22)17-19-4-7-21(28)8-5-19/h2-9,14,16,24,26H,10-13,15,17-18H2,1H3,(H,29,32)/t24-,26+/m0/s1. The molecule has 1 fully saturated rings. The van der Waals surface area contributed by atoms with Gasteiger partial charge in [0.1, 0.15) is 5.75 Å². The van der Waals surface area contributed by atoms with Crippen molar-refractivity contribution in [3.05, 3.63) is 81.0 Å². The van der Waals surface area contributed by atoms with Crippen LogP contribution in [0.5, 0.6) is 5.75 Å². The highest BCUT2D eigenvalue weighted by Gasteiger charge is 2.41. The van der Waals surface area contributed by atoms with E-state index in [1.165, 1.54) is 21.7 Å². The Morgan fingerprint density at radius 1 is 1.18 bits per heavy atom. The lowest BCUT2D eigenvalue weighted by atomic mass is 9.83. The summed E-state index contributed by atoms with van der Waals surface area (Å²) in [5.41, 5.74) is 3.67. The van der Waals surface area contributed by atoms with Gasteiger partial charge in [-0.25, -0.2) is 0 Å². The third-order valence-electron chi connectivity index (χ3n) is 6.92. The molecule has 0 saturated carbocycles. The van der Waals surface area contributed by atoms with Gasteiger partial charge in [0, 0.05) is 54.4 Å². The van der Waals surface area contributed by atoms with E-state index in [1.807, 2.05) is 18.2 Å². The Hall–Kier alpha value is -2.54. The van der Waals surface area contributed by atoms with E-state index < -0.39 is 0 Å². The Labute approximate surface area is 210 Å². The summed E-state index contributed by atoms with van der Waals surface area (Å²) in [7, 11) is 1.70. The molecular weight excluding hydrogens is 466 g/mol. The highest BCUT2D eigenvalue weighted by Crippen LogP contribution is 2.38. The molecule has 0 radical (unpaired) electrons. The number of amides is 1. The van der Waals surface area contributed by atoms with Gasteiger partial charge in [-0.05, 0) is 53.6 Å². The molecule has 1 saturated heterocycles. The van der Waals surface area contributed by atoms with Gasteiger partial charge in [0.2, 0.25) is 5.91 Å². The maximum atomic E-state index is 13.4. The maximum Gasteiger partial charge on any atom is 0.225 e. The molecule has 2 aliphatic rings. The van der Waals surface area contributed by atoms with E-state index in [0.717, 1.165) is 49.8 Å². The first kappa shape index (κ1) is 23.2. The van der Waals surface area contributed by atoms with Crippen molar-refractivity contribution in [2.45, 2.75) is 25.4 Å². The lowest BCUT2D eigenvalue weighted by molar-refractivity contribution is -0.126.